The van der Waals surface area contributed by atoms with E-state index >= 15 is 0 Å². The predicted octanol–water partition coefficient (Wildman–Crippen LogP) is 1.97. The maximum absolute atomic E-state index is 10.8. The third kappa shape index (κ3) is 2.28. The highest BCUT2D eigenvalue weighted by Crippen LogP contribution is 2.17. The molecule has 70 valence electrons. The van der Waals surface area contributed by atoms with Crippen molar-refractivity contribution in [1.82, 2.24) is 4.98 Å². The number of carboxylic acids is 1. The van der Waals surface area contributed by atoms with Crippen molar-refractivity contribution in [3.63, 3.8) is 0 Å². The third-order valence-corrected chi connectivity index (χ3v) is 2.00. The lowest BCUT2D eigenvalue weighted by molar-refractivity contribution is -0.138. The Morgan fingerprint density at radius 1 is 1.69 bits per heavy atom. The molecule has 0 saturated carbocycles. The first-order valence-corrected chi connectivity index (χ1v) is 4.30. The Bertz CT molecular complexity index is 310. The first-order valence-electron chi connectivity index (χ1n) is 4.30. The van der Waals surface area contributed by atoms with Crippen LogP contribution in [0.15, 0.2) is 18.3 Å². The van der Waals surface area contributed by atoms with E-state index in [2.05, 4.69) is 4.98 Å². The van der Waals surface area contributed by atoms with Gasteiger partial charge in [-0.15, -0.1) is 0 Å². The molecule has 0 spiro atoms. The van der Waals surface area contributed by atoms with Crippen molar-refractivity contribution in [2.45, 2.75) is 26.2 Å². The highest BCUT2D eigenvalue weighted by molar-refractivity contribution is 5.75. The largest absolute Gasteiger partial charge is 0.481 e. The van der Waals surface area contributed by atoms with E-state index in [1.54, 1.807) is 6.20 Å². The van der Waals surface area contributed by atoms with Gasteiger partial charge in [-0.2, -0.15) is 0 Å². The van der Waals surface area contributed by atoms with Gasteiger partial charge < -0.3 is 5.11 Å². The monoisotopic (exact) mass is 179 g/mol. The summed E-state index contributed by atoms with van der Waals surface area (Å²) < 4.78 is 0. The standard InChI is InChI=1S/C10H13NO2/c1-3-8(10(12)13)9-6-7(2)4-5-11-9/h4-6,8H,3H2,1-2H3,(H,12,13). The van der Waals surface area contributed by atoms with Gasteiger partial charge in [0, 0.05) is 6.20 Å². The zero-order chi connectivity index (χ0) is 9.84. The normalized spacial score (nSPS) is 12.5. The number of hydrogen-bond acceptors (Lipinski definition) is 2. The molecule has 13 heavy (non-hydrogen) atoms. The summed E-state index contributed by atoms with van der Waals surface area (Å²) in [5.41, 5.74) is 1.69. The minimum Gasteiger partial charge on any atom is -0.481 e. The molecule has 1 heterocycles. The molecule has 1 rings (SSSR count). The van der Waals surface area contributed by atoms with Crippen LogP contribution in [0.2, 0.25) is 0 Å². The van der Waals surface area contributed by atoms with Crippen molar-refractivity contribution in [1.29, 1.82) is 0 Å². The number of carbonyl (C=O) groups is 1. The van der Waals surface area contributed by atoms with Crippen LogP contribution in [-0.2, 0) is 4.79 Å². The molecule has 1 aromatic heterocycles. The first-order chi connectivity index (χ1) is 6.15. The molecule has 0 fully saturated rings. The molecule has 0 bridgehead atoms. The van der Waals surface area contributed by atoms with Crippen molar-refractivity contribution < 1.29 is 9.90 Å². The van der Waals surface area contributed by atoms with Crippen molar-refractivity contribution in [2.24, 2.45) is 0 Å². The summed E-state index contributed by atoms with van der Waals surface area (Å²) in [5, 5.41) is 8.88. The summed E-state index contributed by atoms with van der Waals surface area (Å²) in [4.78, 5) is 14.9. The van der Waals surface area contributed by atoms with Crippen LogP contribution >= 0.6 is 0 Å². The molecule has 0 radical (unpaired) electrons. The van der Waals surface area contributed by atoms with Gasteiger partial charge in [-0.25, -0.2) is 0 Å². The lowest BCUT2D eigenvalue weighted by Crippen LogP contribution is -2.11. The lowest BCUT2D eigenvalue weighted by atomic mass is 10.0. The number of carboxylic acid groups (broad SMARTS) is 1. The van der Waals surface area contributed by atoms with Crippen LogP contribution in [0.25, 0.3) is 0 Å². The second-order valence-electron chi connectivity index (χ2n) is 3.06. The van der Waals surface area contributed by atoms with E-state index in [-0.39, 0.29) is 0 Å². The van der Waals surface area contributed by atoms with Crippen molar-refractivity contribution in [2.75, 3.05) is 0 Å². The molecular formula is C10H13NO2. The van der Waals surface area contributed by atoms with Crippen LogP contribution in [0.4, 0.5) is 0 Å². The van der Waals surface area contributed by atoms with Crippen molar-refractivity contribution in [3.8, 4) is 0 Å². The van der Waals surface area contributed by atoms with Crippen LogP contribution in [0.1, 0.15) is 30.5 Å². The number of nitrogens with zero attached hydrogens (tertiary/aromatic N) is 1. The van der Waals surface area contributed by atoms with Crippen molar-refractivity contribution >= 4 is 5.97 Å². The van der Waals surface area contributed by atoms with E-state index in [1.807, 2.05) is 26.0 Å². The van der Waals surface area contributed by atoms with Gasteiger partial charge >= 0.3 is 5.97 Å². The molecule has 1 aromatic rings. The average Bonchev–Trinajstić information content (AvgIpc) is 2.04. The number of aliphatic carboxylic acids is 1. The molecule has 1 unspecified atom stereocenters. The quantitative estimate of drug-likeness (QED) is 0.771. The SMILES string of the molecule is CCC(C(=O)O)c1cc(C)ccn1. The molecule has 3 heteroatoms. The fourth-order valence-electron chi connectivity index (χ4n) is 1.26. The third-order valence-electron chi connectivity index (χ3n) is 2.00. The molecule has 1 N–H and O–H groups in total. The Kier molecular flexibility index (Phi) is 3.01. The van der Waals surface area contributed by atoms with E-state index in [0.29, 0.717) is 12.1 Å². The van der Waals surface area contributed by atoms with Gasteiger partial charge in [-0.05, 0) is 31.0 Å². The van der Waals surface area contributed by atoms with E-state index in [1.165, 1.54) is 0 Å². The molecule has 0 amide bonds. The minimum atomic E-state index is -0.805. The molecule has 0 aliphatic carbocycles. The molecule has 1 atom stereocenters. The second kappa shape index (κ2) is 4.03. The predicted molar refractivity (Wildman–Crippen MR) is 49.6 cm³/mol. The highest BCUT2D eigenvalue weighted by Gasteiger charge is 2.18. The fraction of sp³-hybridized carbons (Fsp3) is 0.400. The zero-order valence-corrected chi connectivity index (χ0v) is 7.82. The number of aromatic nitrogens is 1. The average molecular weight is 179 g/mol. The summed E-state index contributed by atoms with van der Waals surface area (Å²) in [5.74, 6) is -1.28. The Morgan fingerprint density at radius 3 is 2.85 bits per heavy atom. The van der Waals surface area contributed by atoms with Gasteiger partial charge in [0.15, 0.2) is 0 Å². The Labute approximate surface area is 77.4 Å². The molecule has 0 saturated heterocycles. The van der Waals surface area contributed by atoms with E-state index in [4.69, 9.17) is 5.11 Å². The molecule has 0 aromatic carbocycles. The maximum Gasteiger partial charge on any atom is 0.312 e. The van der Waals surface area contributed by atoms with Gasteiger partial charge in [-0.1, -0.05) is 6.92 Å². The van der Waals surface area contributed by atoms with E-state index in [0.717, 1.165) is 5.56 Å². The summed E-state index contributed by atoms with van der Waals surface area (Å²) >= 11 is 0. The number of aryl methyl sites for hydroxylation is 1. The summed E-state index contributed by atoms with van der Waals surface area (Å²) in [6.45, 7) is 3.78. The van der Waals surface area contributed by atoms with Crippen LogP contribution < -0.4 is 0 Å². The number of hydrogen-bond donors (Lipinski definition) is 1. The molecule has 0 aliphatic heterocycles. The van der Waals surface area contributed by atoms with Gasteiger partial charge in [0.25, 0.3) is 0 Å². The highest BCUT2D eigenvalue weighted by atomic mass is 16.4. The number of pyridine rings is 1. The number of rotatable bonds is 3. The lowest BCUT2D eigenvalue weighted by Gasteiger charge is -2.08. The van der Waals surface area contributed by atoms with Gasteiger partial charge in [0.1, 0.15) is 0 Å². The Hall–Kier alpha value is -1.38. The maximum atomic E-state index is 10.8. The molecular weight excluding hydrogens is 166 g/mol. The minimum absolute atomic E-state index is 0.472. The second-order valence-corrected chi connectivity index (χ2v) is 3.06. The van der Waals surface area contributed by atoms with E-state index in [9.17, 15) is 4.79 Å². The van der Waals surface area contributed by atoms with Crippen LogP contribution in [0, 0.1) is 6.92 Å². The summed E-state index contributed by atoms with van der Waals surface area (Å²) in [6, 6.07) is 3.68. The van der Waals surface area contributed by atoms with Crippen LogP contribution in [0.3, 0.4) is 0 Å². The Balaban J connectivity index is 2.98. The summed E-state index contributed by atoms with van der Waals surface area (Å²) in [7, 11) is 0. The van der Waals surface area contributed by atoms with Gasteiger partial charge in [0.05, 0.1) is 11.6 Å². The van der Waals surface area contributed by atoms with Gasteiger partial charge in [0.2, 0.25) is 0 Å². The summed E-state index contributed by atoms with van der Waals surface area (Å²) in [6.07, 6.45) is 2.22. The van der Waals surface area contributed by atoms with Crippen LogP contribution in [0.5, 0.6) is 0 Å². The van der Waals surface area contributed by atoms with Gasteiger partial charge in [-0.3, -0.25) is 9.78 Å². The van der Waals surface area contributed by atoms with Crippen molar-refractivity contribution in [3.05, 3.63) is 29.6 Å². The smallest absolute Gasteiger partial charge is 0.312 e. The van der Waals surface area contributed by atoms with E-state index < -0.39 is 11.9 Å². The molecule has 0 aliphatic rings. The Morgan fingerprint density at radius 2 is 2.38 bits per heavy atom. The molecule has 3 nitrogen and oxygen atoms in total. The fourth-order valence-corrected chi connectivity index (χ4v) is 1.26. The zero-order valence-electron chi connectivity index (χ0n) is 7.82. The first kappa shape index (κ1) is 9.71. The van der Waals surface area contributed by atoms with Crippen LogP contribution in [-0.4, -0.2) is 16.1 Å². The topological polar surface area (TPSA) is 50.2 Å².